The Kier molecular flexibility index (Phi) is 9.06. The van der Waals surface area contributed by atoms with Crippen LogP contribution in [0.3, 0.4) is 0 Å². The zero-order valence-corrected chi connectivity index (χ0v) is 32.3. The number of hydrogen-bond acceptors (Lipinski definition) is 4. The van der Waals surface area contributed by atoms with Crippen LogP contribution in [0.5, 0.6) is 11.5 Å². The number of rotatable bonds is 6. The molecule has 0 aliphatic carbocycles. The number of hydrogen-bond donors (Lipinski definition) is 0. The Hall–Kier alpha value is -4.86. The second-order valence-electron chi connectivity index (χ2n) is 14.6. The first-order valence-electron chi connectivity index (χ1n) is 17.3. The quantitative estimate of drug-likeness (QED) is 0.156. The summed E-state index contributed by atoms with van der Waals surface area (Å²) in [5.74, 6) is 2.57. The van der Waals surface area contributed by atoms with Gasteiger partial charge < -0.3 is 19.1 Å². The van der Waals surface area contributed by atoms with E-state index in [0.29, 0.717) is 17.4 Å². The fourth-order valence-corrected chi connectivity index (χ4v) is 7.12. The normalized spacial score (nSPS) is 12.9. The summed E-state index contributed by atoms with van der Waals surface area (Å²) in [6.07, 6.45) is 1.90. The van der Waals surface area contributed by atoms with E-state index < -0.39 is 0 Å². The summed E-state index contributed by atoms with van der Waals surface area (Å²) in [6, 6.07) is 43.2. The summed E-state index contributed by atoms with van der Waals surface area (Å²) in [6.45, 7) is 17.7. The first-order valence-corrected chi connectivity index (χ1v) is 17.3. The molecule has 0 bridgehead atoms. The van der Waals surface area contributed by atoms with Gasteiger partial charge in [0.1, 0.15) is 5.82 Å². The van der Waals surface area contributed by atoms with Crippen molar-refractivity contribution < 1.29 is 25.8 Å². The number of aromatic nitrogens is 2. The van der Waals surface area contributed by atoms with Gasteiger partial charge in [-0.3, -0.25) is 0 Å². The molecular weight excluding hydrogens is 808 g/mol. The van der Waals surface area contributed by atoms with E-state index in [2.05, 4.69) is 167 Å². The Bertz CT molecular complexity index is 2380. The Morgan fingerprint density at radius 1 is 0.725 bits per heavy atom. The van der Waals surface area contributed by atoms with E-state index in [-0.39, 0.29) is 26.5 Å². The van der Waals surface area contributed by atoms with Crippen LogP contribution in [0.4, 0.5) is 22.7 Å². The number of fused-ring (bicyclic) bond motifs is 4. The Labute approximate surface area is 315 Å². The molecule has 1 aliphatic rings. The van der Waals surface area contributed by atoms with E-state index in [1.807, 2.05) is 24.4 Å². The summed E-state index contributed by atoms with van der Waals surface area (Å²) >= 11 is 0. The molecule has 0 amide bonds. The zero-order chi connectivity index (χ0) is 34.7. The molecule has 2 aromatic heterocycles. The van der Waals surface area contributed by atoms with E-state index >= 15 is 0 Å². The second-order valence-corrected chi connectivity index (χ2v) is 14.6. The van der Waals surface area contributed by atoms with Crippen LogP contribution in [-0.4, -0.2) is 9.55 Å². The van der Waals surface area contributed by atoms with Gasteiger partial charge in [0.05, 0.1) is 0 Å². The van der Waals surface area contributed by atoms with Crippen molar-refractivity contribution in [2.75, 3.05) is 9.80 Å². The predicted octanol–water partition coefficient (Wildman–Crippen LogP) is 12.0. The summed E-state index contributed by atoms with van der Waals surface area (Å²) in [4.78, 5) is 9.31. The summed E-state index contributed by atoms with van der Waals surface area (Å²) in [5.41, 5.74) is 11.4. The fraction of sp³-hybridized carbons (Fsp3) is 0.200. The second kappa shape index (κ2) is 13.4. The molecule has 0 radical (unpaired) electrons. The van der Waals surface area contributed by atoms with Gasteiger partial charge in [0.25, 0.3) is 0 Å². The Balaban J connectivity index is 0.00000406. The number of para-hydroxylation sites is 3. The van der Waals surface area contributed by atoms with Gasteiger partial charge in [0, 0.05) is 61.3 Å². The van der Waals surface area contributed by atoms with Gasteiger partial charge in [-0.2, -0.15) is 12.1 Å². The molecule has 0 saturated carbocycles. The Morgan fingerprint density at radius 2 is 1.41 bits per heavy atom. The molecule has 0 saturated heterocycles. The van der Waals surface area contributed by atoms with Crippen molar-refractivity contribution in [2.24, 2.45) is 0 Å². The van der Waals surface area contributed by atoms with Gasteiger partial charge in [-0.25, -0.2) is 4.98 Å². The first kappa shape index (κ1) is 34.6. The number of benzene rings is 5. The Morgan fingerprint density at radius 3 is 2.14 bits per heavy atom. The third-order valence-electron chi connectivity index (χ3n) is 9.68. The molecule has 1 aliphatic heterocycles. The molecule has 6 heteroatoms. The van der Waals surface area contributed by atoms with Gasteiger partial charge in [0.2, 0.25) is 0 Å². The van der Waals surface area contributed by atoms with Crippen LogP contribution in [0.25, 0.3) is 27.6 Å². The number of pyridine rings is 1. The molecule has 5 aromatic carbocycles. The van der Waals surface area contributed by atoms with Crippen LogP contribution in [0.1, 0.15) is 62.8 Å². The van der Waals surface area contributed by atoms with Gasteiger partial charge in [-0.05, 0) is 83.2 Å². The minimum Gasteiger partial charge on any atom is -0.509 e. The minimum atomic E-state index is -0.00432. The number of aryl methyl sites for hydroxylation is 2. The molecule has 51 heavy (non-hydrogen) atoms. The van der Waals surface area contributed by atoms with Gasteiger partial charge >= 0.3 is 0 Å². The van der Waals surface area contributed by atoms with E-state index in [0.717, 1.165) is 44.7 Å². The smallest absolute Gasteiger partial charge is 0.135 e. The van der Waals surface area contributed by atoms with Crippen LogP contribution < -0.4 is 14.5 Å². The third-order valence-corrected chi connectivity index (χ3v) is 9.68. The van der Waals surface area contributed by atoms with Gasteiger partial charge in [-0.1, -0.05) is 82.6 Å². The minimum absolute atomic E-state index is 0. The van der Waals surface area contributed by atoms with Crippen molar-refractivity contribution in [1.29, 1.82) is 0 Å². The van der Waals surface area contributed by atoms with Crippen molar-refractivity contribution in [3.8, 4) is 17.3 Å². The molecule has 0 N–H and O–H groups in total. The topological polar surface area (TPSA) is 33.5 Å². The van der Waals surface area contributed by atoms with E-state index in [9.17, 15) is 0 Å². The van der Waals surface area contributed by atoms with E-state index in [1.54, 1.807) is 0 Å². The summed E-state index contributed by atoms with van der Waals surface area (Å²) in [5, 5.41) is 2.25. The average Bonchev–Trinajstić information content (AvgIpc) is 3.64. The molecule has 0 spiro atoms. The summed E-state index contributed by atoms with van der Waals surface area (Å²) in [7, 11) is 0. The van der Waals surface area contributed by atoms with Crippen LogP contribution >= 0.6 is 0 Å². The molecule has 0 unspecified atom stereocenters. The predicted molar refractivity (Wildman–Crippen MR) is 206 cm³/mol. The molecule has 260 valence electrons. The van der Waals surface area contributed by atoms with Crippen molar-refractivity contribution in [3.63, 3.8) is 0 Å². The number of anilines is 4. The standard InChI is InChI=1S/C45H41N4O.Pt/c1-29(2)32-23-30(3)44(31(4)24-32)48-28-47(40-17-10-11-18-41(40)48)34-13-12-14-35(26-34)50-36-19-20-38-37-15-8-9-16-39(37)49(42(38)27-36)43-25-33(21-22-46-43)45(5,6)7;/h8-25,28-29H,1-7H3;/q-3;. The monoisotopic (exact) mass is 848 g/mol. The van der Waals surface area contributed by atoms with E-state index in [1.165, 1.54) is 27.9 Å². The molecule has 5 nitrogen and oxygen atoms in total. The number of ether oxygens (including phenoxy) is 1. The van der Waals surface area contributed by atoms with Crippen molar-refractivity contribution in [2.45, 2.75) is 59.8 Å². The van der Waals surface area contributed by atoms with Crippen LogP contribution in [-0.2, 0) is 26.5 Å². The third kappa shape index (κ3) is 6.23. The maximum atomic E-state index is 6.53. The molecule has 3 heterocycles. The van der Waals surface area contributed by atoms with Gasteiger partial charge in [-0.15, -0.1) is 48.1 Å². The van der Waals surface area contributed by atoms with Crippen LogP contribution in [0.2, 0.25) is 0 Å². The van der Waals surface area contributed by atoms with Crippen molar-refractivity contribution >= 4 is 44.6 Å². The van der Waals surface area contributed by atoms with Crippen molar-refractivity contribution in [3.05, 3.63) is 150 Å². The average molecular weight is 849 g/mol. The molecule has 0 fully saturated rings. The van der Waals surface area contributed by atoms with Crippen LogP contribution in [0, 0.1) is 32.6 Å². The van der Waals surface area contributed by atoms with E-state index in [4.69, 9.17) is 9.72 Å². The van der Waals surface area contributed by atoms with Gasteiger partial charge in [0.15, 0.2) is 0 Å². The maximum absolute atomic E-state index is 6.53. The molecule has 8 rings (SSSR count). The SMILES string of the molecule is Cc1cc(C(C)C)cc(C)c1N1[CH-]N(c2[c-]c(Oc3[c-]c4c(cc3)c3ccccc3n4-c3cc(C(C)(C)C)ccn3)ccc2)c2ccccc21.[Pt]. The van der Waals surface area contributed by atoms with Crippen LogP contribution in [0.15, 0.2) is 109 Å². The first-order chi connectivity index (χ1) is 24.1. The van der Waals surface area contributed by atoms with Crippen molar-refractivity contribution in [1.82, 2.24) is 9.55 Å². The maximum Gasteiger partial charge on any atom is 0.135 e. The molecule has 7 aromatic rings. The molecular formula is C45H41N4OPt-3. The largest absolute Gasteiger partial charge is 0.509 e. The molecule has 0 atom stereocenters. The zero-order valence-electron chi connectivity index (χ0n) is 30.1. The fourth-order valence-electron chi connectivity index (χ4n) is 7.12. The number of nitrogens with zero attached hydrogens (tertiary/aromatic N) is 4. The summed E-state index contributed by atoms with van der Waals surface area (Å²) < 4.78 is 8.72.